The first-order chi connectivity index (χ1) is 14.1. The van der Waals surface area contributed by atoms with Crippen molar-refractivity contribution in [2.75, 3.05) is 5.32 Å². The molecule has 0 saturated carbocycles. The molecule has 0 radical (unpaired) electrons. The van der Waals surface area contributed by atoms with Gasteiger partial charge in [-0.3, -0.25) is 9.97 Å². The Bertz CT molecular complexity index is 1250. The summed E-state index contributed by atoms with van der Waals surface area (Å²) in [5.41, 5.74) is 3.99. The van der Waals surface area contributed by atoms with Gasteiger partial charge < -0.3 is 5.32 Å². The van der Waals surface area contributed by atoms with Crippen molar-refractivity contribution >= 4 is 28.2 Å². The van der Waals surface area contributed by atoms with Gasteiger partial charge in [0.2, 0.25) is 0 Å². The number of hydrogen-bond donors (Lipinski definition) is 1. The van der Waals surface area contributed by atoms with Gasteiger partial charge in [-0.15, -0.1) is 0 Å². The average Bonchev–Trinajstić information content (AvgIpc) is 2.76. The molecule has 4 rings (SSSR count). The fourth-order valence-corrected chi connectivity index (χ4v) is 3.48. The predicted molar refractivity (Wildman–Crippen MR) is 113 cm³/mol. The van der Waals surface area contributed by atoms with Gasteiger partial charge in [0, 0.05) is 35.1 Å². The molecule has 0 saturated heterocycles. The molecule has 0 amide bonds. The minimum absolute atomic E-state index is 0.326. The molecular weight excluding hydrogens is 387 g/mol. The second kappa shape index (κ2) is 7.86. The minimum atomic E-state index is -0.356. The molecule has 142 valence electrons. The van der Waals surface area contributed by atoms with Crippen LogP contribution in [0.4, 0.5) is 10.1 Å². The number of halogens is 2. The molecule has 0 fully saturated rings. The maximum Gasteiger partial charge on any atom is 0.128 e. The average molecular weight is 403 g/mol. The topological polar surface area (TPSA) is 61.6 Å². The molecule has 6 heteroatoms. The lowest BCUT2D eigenvalue weighted by molar-refractivity contribution is 0.600. The molecule has 0 aliphatic rings. The Morgan fingerprint density at radius 2 is 1.90 bits per heavy atom. The van der Waals surface area contributed by atoms with E-state index in [0.717, 1.165) is 22.0 Å². The summed E-state index contributed by atoms with van der Waals surface area (Å²) in [4.78, 5) is 8.42. The van der Waals surface area contributed by atoms with Gasteiger partial charge in [0.25, 0.3) is 0 Å². The summed E-state index contributed by atoms with van der Waals surface area (Å²) in [7, 11) is 0. The summed E-state index contributed by atoms with van der Waals surface area (Å²) < 4.78 is 14.6. The summed E-state index contributed by atoms with van der Waals surface area (Å²) in [6.07, 6.45) is 4.74. The van der Waals surface area contributed by atoms with Crippen LogP contribution < -0.4 is 5.32 Å². The molecule has 29 heavy (non-hydrogen) atoms. The van der Waals surface area contributed by atoms with Crippen LogP contribution in [0.5, 0.6) is 0 Å². The SMILES string of the molecule is C[C@@H](Nc1c(Cl)cnc2ccccc12)c1cc(-c2cncc(C#N)c2)ccc1F. The predicted octanol–water partition coefficient (Wildman–Crippen LogP) is 6.13. The lowest BCUT2D eigenvalue weighted by atomic mass is 9.99. The maximum atomic E-state index is 14.6. The summed E-state index contributed by atoms with van der Waals surface area (Å²) in [5, 5.41) is 13.8. The molecule has 0 spiro atoms. The van der Waals surface area contributed by atoms with Gasteiger partial charge in [0.1, 0.15) is 11.9 Å². The molecule has 4 nitrogen and oxygen atoms in total. The molecule has 1 atom stereocenters. The summed E-state index contributed by atoms with van der Waals surface area (Å²) >= 11 is 6.38. The zero-order chi connectivity index (χ0) is 20.4. The fraction of sp³-hybridized carbons (Fsp3) is 0.0870. The van der Waals surface area contributed by atoms with Crippen LogP contribution >= 0.6 is 11.6 Å². The number of nitrogens with zero attached hydrogens (tertiary/aromatic N) is 3. The molecule has 1 N–H and O–H groups in total. The lowest BCUT2D eigenvalue weighted by Crippen LogP contribution is -2.10. The number of fused-ring (bicyclic) bond motifs is 1. The number of nitrogens with one attached hydrogen (secondary N) is 1. The van der Waals surface area contributed by atoms with Gasteiger partial charge in [-0.2, -0.15) is 5.26 Å². The van der Waals surface area contributed by atoms with Gasteiger partial charge in [0.15, 0.2) is 0 Å². The van der Waals surface area contributed by atoms with Gasteiger partial charge >= 0.3 is 0 Å². The van der Waals surface area contributed by atoms with Crippen molar-refractivity contribution in [1.29, 1.82) is 5.26 Å². The van der Waals surface area contributed by atoms with Crippen molar-refractivity contribution in [2.24, 2.45) is 0 Å². The molecule has 2 heterocycles. The highest BCUT2D eigenvalue weighted by Crippen LogP contribution is 2.34. The van der Waals surface area contributed by atoms with Crippen molar-refractivity contribution in [1.82, 2.24) is 9.97 Å². The van der Waals surface area contributed by atoms with E-state index in [2.05, 4.69) is 21.4 Å². The Labute approximate surface area is 172 Å². The summed E-state index contributed by atoms with van der Waals surface area (Å²) in [6.45, 7) is 1.87. The molecule has 0 aliphatic heterocycles. The van der Waals surface area contributed by atoms with Crippen LogP contribution in [-0.2, 0) is 0 Å². The van der Waals surface area contributed by atoms with Gasteiger partial charge in [-0.1, -0.05) is 35.9 Å². The molecule has 0 aliphatic carbocycles. The number of aromatic nitrogens is 2. The highest BCUT2D eigenvalue weighted by molar-refractivity contribution is 6.34. The van der Waals surface area contributed by atoms with E-state index in [1.54, 1.807) is 30.6 Å². The zero-order valence-corrected chi connectivity index (χ0v) is 16.3. The van der Waals surface area contributed by atoms with Crippen LogP contribution in [0.2, 0.25) is 5.02 Å². The maximum absolute atomic E-state index is 14.6. The second-order valence-corrected chi connectivity index (χ2v) is 7.08. The first kappa shape index (κ1) is 18.9. The molecular formula is C23H16ClFN4. The van der Waals surface area contributed by atoms with Gasteiger partial charge in [0.05, 0.1) is 27.8 Å². The number of para-hydroxylation sites is 1. The number of hydrogen-bond acceptors (Lipinski definition) is 4. The Morgan fingerprint density at radius 3 is 2.72 bits per heavy atom. The first-order valence-corrected chi connectivity index (χ1v) is 9.39. The number of nitriles is 1. The van der Waals surface area contributed by atoms with Crippen molar-refractivity contribution < 1.29 is 4.39 Å². The van der Waals surface area contributed by atoms with E-state index in [-0.39, 0.29) is 11.9 Å². The van der Waals surface area contributed by atoms with Gasteiger partial charge in [-0.05, 0) is 36.8 Å². The number of benzene rings is 2. The van der Waals surface area contributed by atoms with Crippen molar-refractivity contribution in [3.63, 3.8) is 0 Å². The molecule has 4 aromatic rings. The highest BCUT2D eigenvalue weighted by atomic mass is 35.5. The van der Waals surface area contributed by atoms with Crippen LogP contribution in [0.15, 0.2) is 67.1 Å². The van der Waals surface area contributed by atoms with E-state index in [1.165, 1.54) is 12.3 Å². The molecule has 2 aromatic heterocycles. The monoisotopic (exact) mass is 402 g/mol. The molecule has 0 bridgehead atoms. The minimum Gasteiger partial charge on any atom is -0.377 e. The lowest BCUT2D eigenvalue weighted by Gasteiger charge is -2.19. The summed E-state index contributed by atoms with van der Waals surface area (Å²) in [5.74, 6) is -0.326. The van der Waals surface area contributed by atoms with Crippen LogP contribution in [0.3, 0.4) is 0 Å². The van der Waals surface area contributed by atoms with E-state index in [0.29, 0.717) is 21.8 Å². The van der Waals surface area contributed by atoms with E-state index in [9.17, 15) is 4.39 Å². The van der Waals surface area contributed by atoms with Crippen LogP contribution in [0.1, 0.15) is 24.1 Å². The normalized spacial score (nSPS) is 11.8. The fourth-order valence-electron chi connectivity index (χ4n) is 3.27. The van der Waals surface area contributed by atoms with Crippen LogP contribution in [0, 0.1) is 17.1 Å². The largest absolute Gasteiger partial charge is 0.377 e. The Hall–Kier alpha value is -3.49. The third kappa shape index (κ3) is 3.75. The highest BCUT2D eigenvalue weighted by Gasteiger charge is 2.16. The quantitative estimate of drug-likeness (QED) is 0.445. The zero-order valence-electron chi connectivity index (χ0n) is 15.5. The number of pyridine rings is 2. The van der Waals surface area contributed by atoms with Crippen LogP contribution in [-0.4, -0.2) is 9.97 Å². The number of anilines is 1. The van der Waals surface area contributed by atoms with Crippen molar-refractivity contribution in [2.45, 2.75) is 13.0 Å². The second-order valence-electron chi connectivity index (χ2n) is 6.67. The Balaban J connectivity index is 1.72. The van der Waals surface area contributed by atoms with E-state index in [4.69, 9.17) is 16.9 Å². The molecule has 2 aromatic carbocycles. The summed E-state index contributed by atoms with van der Waals surface area (Å²) in [6, 6.07) is 16.0. The smallest absolute Gasteiger partial charge is 0.128 e. The van der Waals surface area contributed by atoms with Crippen LogP contribution in [0.25, 0.3) is 22.0 Å². The Morgan fingerprint density at radius 1 is 1.07 bits per heavy atom. The van der Waals surface area contributed by atoms with Gasteiger partial charge in [-0.25, -0.2) is 4.39 Å². The standard InChI is InChI=1S/C23H16ClFN4/c1-14(29-23-18-4-2-3-5-22(18)28-13-20(23)24)19-9-16(6-7-21(19)25)17-8-15(10-26)11-27-12-17/h2-9,11-14H,1H3,(H,28,29)/t14-/m1/s1. The third-order valence-electron chi connectivity index (χ3n) is 4.75. The number of rotatable bonds is 4. The van der Waals surface area contributed by atoms with E-state index < -0.39 is 0 Å². The van der Waals surface area contributed by atoms with E-state index in [1.807, 2.05) is 31.2 Å². The van der Waals surface area contributed by atoms with Crippen molar-refractivity contribution in [3.8, 4) is 17.2 Å². The first-order valence-electron chi connectivity index (χ1n) is 9.01. The molecule has 0 unspecified atom stereocenters. The Kier molecular flexibility index (Phi) is 5.11. The van der Waals surface area contributed by atoms with Crippen molar-refractivity contribution in [3.05, 3.63) is 89.1 Å². The third-order valence-corrected chi connectivity index (χ3v) is 5.04. The van der Waals surface area contributed by atoms with E-state index >= 15 is 0 Å².